The fraction of sp³-hybridized carbons (Fsp3) is 0.200. The maximum Gasteiger partial charge on any atom is 0.267 e. The molecule has 3 aromatic rings. The van der Waals surface area contributed by atoms with Gasteiger partial charge in [0, 0.05) is 28.5 Å². The Morgan fingerprint density at radius 1 is 1.00 bits per heavy atom. The third-order valence-electron chi connectivity index (χ3n) is 4.63. The van der Waals surface area contributed by atoms with Crippen molar-refractivity contribution in [2.24, 2.45) is 0 Å². The predicted octanol–water partition coefficient (Wildman–Crippen LogP) is 5.19. The minimum atomic E-state index is -0.287. The minimum absolute atomic E-state index is 0.249. The molecule has 0 aliphatic carbocycles. The van der Waals surface area contributed by atoms with Gasteiger partial charge in [0.05, 0.1) is 0 Å². The normalized spacial score (nSPS) is 11.2. The van der Waals surface area contributed by atoms with Crippen LogP contribution >= 0.6 is 23.1 Å². The van der Waals surface area contributed by atoms with Crippen molar-refractivity contribution >= 4 is 41.0 Å². The molecule has 0 bridgehead atoms. The fourth-order valence-electron chi connectivity index (χ4n) is 2.90. The first-order chi connectivity index (χ1) is 15.0. The molecule has 0 radical (unpaired) electrons. The van der Waals surface area contributed by atoms with E-state index in [1.54, 1.807) is 23.9 Å². The van der Waals surface area contributed by atoms with Crippen molar-refractivity contribution in [3.05, 3.63) is 98.9 Å². The SMILES string of the molecule is Cc1ccc(CSCCNC(=O)/C(=C/c2cccs2)NC(=O)c2ccccc2C)cc1. The van der Waals surface area contributed by atoms with Gasteiger partial charge in [-0.1, -0.05) is 54.1 Å². The Balaban J connectivity index is 1.57. The van der Waals surface area contributed by atoms with E-state index >= 15 is 0 Å². The Hall–Kier alpha value is -2.83. The predicted molar refractivity (Wildman–Crippen MR) is 131 cm³/mol. The zero-order chi connectivity index (χ0) is 22.1. The van der Waals surface area contributed by atoms with E-state index < -0.39 is 0 Å². The average molecular weight is 451 g/mol. The van der Waals surface area contributed by atoms with Crippen LogP contribution in [0.4, 0.5) is 0 Å². The van der Waals surface area contributed by atoms with Crippen LogP contribution in [0.25, 0.3) is 6.08 Å². The summed E-state index contributed by atoms with van der Waals surface area (Å²) in [6.45, 7) is 4.48. The summed E-state index contributed by atoms with van der Waals surface area (Å²) in [6, 6.07) is 19.6. The summed E-state index contributed by atoms with van der Waals surface area (Å²) >= 11 is 3.28. The number of amides is 2. The van der Waals surface area contributed by atoms with Gasteiger partial charge in [-0.15, -0.1) is 11.3 Å². The number of benzene rings is 2. The molecular weight excluding hydrogens is 424 g/mol. The first kappa shape index (κ1) is 22.8. The van der Waals surface area contributed by atoms with Crippen molar-refractivity contribution < 1.29 is 9.59 Å². The van der Waals surface area contributed by atoms with Gasteiger partial charge >= 0.3 is 0 Å². The summed E-state index contributed by atoms with van der Waals surface area (Å²) < 4.78 is 0. The van der Waals surface area contributed by atoms with Crippen LogP contribution < -0.4 is 10.6 Å². The van der Waals surface area contributed by atoms with E-state index in [0.717, 1.165) is 21.9 Å². The Kier molecular flexibility index (Phi) is 8.50. The molecule has 0 atom stereocenters. The molecule has 0 saturated carbocycles. The summed E-state index contributed by atoms with van der Waals surface area (Å²) in [4.78, 5) is 26.4. The van der Waals surface area contributed by atoms with Crippen molar-refractivity contribution in [1.29, 1.82) is 0 Å². The van der Waals surface area contributed by atoms with E-state index in [1.807, 2.05) is 42.6 Å². The summed E-state index contributed by atoms with van der Waals surface area (Å²) in [5.41, 5.74) is 4.19. The molecule has 31 heavy (non-hydrogen) atoms. The molecule has 4 nitrogen and oxygen atoms in total. The Morgan fingerprint density at radius 2 is 1.77 bits per heavy atom. The van der Waals surface area contributed by atoms with Crippen molar-refractivity contribution in [3.63, 3.8) is 0 Å². The highest BCUT2D eigenvalue weighted by atomic mass is 32.2. The van der Waals surface area contributed by atoms with Crippen molar-refractivity contribution in [2.45, 2.75) is 19.6 Å². The molecule has 3 rings (SSSR count). The van der Waals surface area contributed by atoms with Crippen molar-refractivity contribution in [1.82, 2.24) is 10.6 Å². The van der Waals surface area contributed by atoms with E-state index in [9.17, 15) is 9.59 Å². The van der Waals surface area contributed by atoms with Gasteiger partial charge in [-0.05, 0) is 48.6 Å². The molecule has 1 aromatic heterocycles. The third kappa shape index (κ3) is 7.12. The summed E-state index contributed by atoms with van der Waals surface area (Å²) in [5.74, 6) is 1.12. The molecule has 160 valence electrons. The quantitative estimate of drug-likeness (QED) is 0.349. The van der Waals surface area contributed by atoms with Gasteiger partial charge in [0.2, 0.25) is 0 Å². The molecule has 2 amide bonds. The number of hydrogen-bond donors (Lipinski definition) is 2. The van der Waals surface area contributed by atoms with Gasteiger partial charge in [-0.3, -0.25) is 9.59 Å². The molecular formula is C25H26N2O2S2. The lowest BCUT2D eigenvalue weighted by molar-refractivity contribution is -0.117. The third-order valence-corrected chi connectivity index (χ3v) is 6.48. The van der Waals surface area contributed by atoms with Crippen molar-refractivity contribution in [2.75, 3.05) is 12.3 Å². The molecule has 0 saturated heterocycles. The highest BCUT2D eigenvalue weighted by Gasteiger charge is 2.15. The number of thiophene rings is 1. The Bertz CT molecular complexity index is 1040. The number of carbonyl (C=O) groups excluding carboxylic acids is 2. The van der Waals surface area contributed by atoms with Crippen molar-refractivity contribution in [3.8, 4) is 0 Å². The van der Waals surface area contributed by atoms with E-state index in [2.05, 4.69) is 41.8 Å². The van der Waals surface area contributed by atoms with Gasteiger partial charge in [0.25, 0.3) is 11.8 Å². The van der Waals surface area contributed by atoms with Crippen LogP contribution in [0.15, 0.2) is 71.7 Å². The Morgan fingerprint density at radius 3 is 2.48 bits per heavy atom. The van der Waals surface area contributed by atoms with Gasteiger partial charge in [-0.25, -0.2) is 0 Å². The van der Waals surface area contributed by atoms with Gasteiger partial charge in [0.15, 0.2) is 0 Å². The van der Waals surface area contributed by atoms with Crippen LogP contribution in [-0.2, 0) is 10.5 Å². The van der Waals surface area contributed by atoms with E-state index in [1.165, 1.54) is 22.5 Å². The average Bonchev–Trinajstić information content (AvgIpc) is 3.27. The molecule has 0 fully saturated rings. The molecule has 0 aliphatic heterocycles. The number of nitrogens with one attached hydrogen (secondary N) is 2. The van der Waals surface area contributed by atoms with Crippen LogP contribution in [-0.4, -0.2) is 24.1 Å². The molecule has 2 N–H and O–H groups in total. The zero-order valence-corrected chi connectivity index (χ0v) is 19.3. The lowest BCUT2D eigenvalue weighted by Crippen LogP contribution is -2.36. The first-order valence-electron chi connectivity index (χ1n) is 10.1. The lowest BCUT2D eigenvalue weighted by Gasteiger charge is -2.12. The summed E-state index contributed by atoms with van der Waals surface area (Å²) in [6.07, 6.45) is 1.72. The van der Waals surface area contributed by atoms with Gasteiger partial charge in [-0.2, -0.15) is 11.8 Å². The maximum absolute atomic E-state index is 12.8. The second-order valence-electron chi connectivity index (χ2n) is 7.14. The van der Waals surface area contributed by atoms with Crippen LogP contribution in [0.2, 0.25) is 0 Å². The monoisotopic (exact) mass is 450 g/mol. The second kappa shape index (κ2) is 11.5. The molecule has 6 heteroatoms. The molecule has 0 spiro atoms. The second-order valence-corrected chi connectivity index (χ2v) is 9.22. The lowest BCUT2D eigenvalue weighted by atomic mass is 10.1. The summed E-state index contributed by atoms with van der Waals surface area (Å²) in [5, 5.41) is 7.65. The van der Waals surface area contributed by atoms with E-state index in [-0.39, 0.29) is 17.5 Å². The standard InChI is InChI=1S/C25H26N2O2S2/c1-18-9-11-20(12-10-18)17-30-15-13-26-25(29)23(16-21-7-5-14-31-21)27-24(28)22-8-4-3-6-19(22)2/h3-12,14,16H,13,15,17H2,1-2H3,(H,26,29)(H,27,28)/b23-16-. The number of carbonyl (C=O) groups is 2. The number of hydrogen-bond acceptors (Lipinski definition) is 4. The van der Waals surface area contributed by atoms with Gasteiger partial charge in [0.1, 0.15) is 5.70 Å². The Labute approximate surface area is 191 Å². The molecule has 0 aliphatic rings. The zero-order valence-electron chi connectivity index (χ0n) is 17.7. The fourth-order valence-corrected chi connectivity index (χ4v) is 4.37. The largest absolute Gasteiger partial charge is 0.350 e. The molecule has 1 heterocycles. The number of rotatable bonds is 9. The highest BCUT2D eigenvalue weighted by molar-refractivity contribution is 7.98. The molecule has 2 aromatic carbocycles. The molecule has 0 unspecified atom stereocenters. The summed E-state index contributed by atoms with van der Waals surface area (Å²) in [7, 11) is 0. The smallest absolute Gasteiger partial charge is 0.267 e. The van der Waals surface area contributed by atoms with Crippen LogP contribution in [0.1, 0.15) is 31.9 Å². The minimum Gasteiger partial charge on any atom is -0.350 e. The van der Waals surface area contributed by atoms with Gasteiger partial charge < -0.3 is 10.6 Å². The van der Waals surface area contributed by atoms with Crippen LogP contribution in [0.5, 0.6) is 0 Å². The number of aryl methyl sites for hydroxylation is 2. The highest BCUT2D eigenvalue weighted by Crippen LogP contribution is 2.15. The van der Waals surface area contributed by atoms with E-state index in [4.69, 9.17) is 0 Å². The first-order valence-corrected chi connectivity index (χ1v) is 12.1. The topological polar surface area (TPSA) is 58.2 Å². The van der Waals surface area contributed by atoms with E-state index in [0.29, 0.717) is 12.1 Å². The number of thioether (sulfide) groups is 1. The van der Waals surface area contributed by atoms with Crippen LogP contribution in [0, 0.1) is 13.8 Å². The van der Waals surface area contributed by atoms with Crippen LogP contribution in [0.3, 0.4) is 0 Å². The maximum atomic E-state index is 12.8.